The Morgan fingerprint density at radius 3 is 2.62 bits per heavy atom. The van der Waals surface area contributed by atoms with Gasteiger partial charge in [0.2, 0.25) is 0 Å². The average molecular weight is 467 g/mol. The summed E-state index contributed by atoms with van der Waals surface area (Å²) in [4.78, 5) is 26.5. The topological polar surface area (TPSA) is 110 Å². The van der Waals surface area contributed by atoms with Crippen molar-refractivity contribution in [2.75, 3.05) is 6.61 Å². The van der Waals surface area contributed by atoms with E-state index in [1.165, 1.54) is 4.57 Å². The molecule has 3 rings (SSSR count). The van der Waals surface area contributed by atoms with Crippen molar-refractivity contribution in [2.45, 2.75) is 91.3 Å². The molecule has 0 spiro atoms. The van der Waals surface area contributed by atoms with Gasteiger partial charge < -0.3 is 13.8 Å². The number of hydrogen-bond acceptors (Lipinski definition) is 7. The minimum absolute atomic E-state index is 0.153. The quantitative estimate of drug-likeness (QED) is 0.438. The van der Waals surface area contributed by atoms with Gasteiger partial charge >= 0.3 is 5.69 Å². The number of rotatable bonds is 9. The van der Waals surface area contributed by atoms with Crippen molar-refractivity contribution in [3.63, 3.8) is 0 Å². The van der Waals surface area contributed by atoms with E-state index in [1.54, 1.807) is 13.1 Å². The van der Waals surface area contributed by atoms with Crippen LogP contribution in [0.3, 0.4) is 0 Å². The zero-order valence-corrected chi connectivity index (χ0v) is 20.7. The lowest BCUT2D eigenvalue weighted by Gasteiger charge is -2.37. The van der Waals surface area contributed by atoms with Crippen molar-refractivity contribution in [1.82, 2.24) is 14.2 Å². The predicted molar refractivity (Wildman–Crippen MR) is 122 cm³/mol. The van der Waals surface area contributed by atoms with E-state index in [9.17, 15) is 9.59 Å². The van der Waals surface area contributed by atoms with Crippen LogP contribution in [-0.2, 0) is 13.8 Å². The first-order chi connectivity index (χ1) is 15.1. The molecule has 6 atom stereocenters. The van der Waals surface area contributed by atoms with Crippen LogP contribution in [0.25, 0.3) is 0 Å². The number of nitrogens with zero attached hydrogens (tertiary/aromatic N) is 3. The molecule has 32 heavy (non-hydrogen) atoms. The highest BCUT2D eigenvalue weighted by Crippen LogP contribution is 2.54. The number of H-pyrrole nitrogens is 1. The van der Waals surface area contributed by atoms with Crippen LogP contribution in [0.2, 0.25) is 0 Å². The molecule has 10 heteroatoms. The Hall–Kier alpha value is -1.56. The van der Waals surface area contributed by atoms with Crippen molar-refractivity contribution in [2.24, 2.45) is 11.8 Å². The third-order valence-electron chi connectivity index (χ3n) is 6.26. The molecular weight excluding hydrogens is 431 g/mol. The summed E-state index contributed by atoms with van der Waals surface area (Å²) in [6.07, 6.45) is 2.69. The second kappa shape index (κ2) is 10.6. The van der Waals surface area contributed by atoms with Crippen molar-refractivity contribution >= 4 is 8.53 Å². The summed E-state index contributed by atoms with van der Waals surface area (Å²) >= 11 is 0. The molecule has 1 aliphatic carbocycles. The fraction of sp³-hybridized carbons (Fsp3) is 0.773. The molecular formula is C22H35N4O5P. The van der Waals surface area contributed by atoms with E-state index in [0.29, 0.717) is 30.9 Å². The molecule has 1 saturated heterocycles. The Kier molecular flexibility index (Phi) is 8.29. The fourth-order valence-electron chi connectivity index (χ4n) is 4.79. The number of ether oxygens (including phenoxy) is 1. The van der Waals surface area contributed by atoms with E-state index in [2.05, 4.69) is 50.3 Å². The molecule has 1 unspecified atom stereocenters. The maximum Gasteiger partial charge on any atom is 0.330 e. The lowest BCUT2D eigenvalue weighted by atomic mass is 9.94. The van der Waals surface area contributed by atoms with Crippen molar-refractivity contribution in [1.29, 1.82) is 5.26 Å². The molecule has 1 aliphatic heterocycles. The molecule has 2 heterocycles. The Balaban J connectivity index is 1.79. The number of nitrogens with one attached hydrogen (secondary N) is 1. The fourth-order valence-corrected chi connectivity index (χ4v) is 6.53. The van der Waals surface area contributed by atoms with Gasteiger partial charge in [-0.1, -0.05) is 6.92 Å². The summed E-state index contributed by atoms with van der Waals surface area (Å²) in [5, 5.41) is 8.93. The van der Waals surface area contributed by atoms with E-state index in [-0.39, 0.29) is 35.8 Å². The minimum Gasteiger partial charge on any atom is -0.352 e. The van der Waals surface area contributed by atoms with E-state index in [1.807, 2.05) is 0 Å². The number of nitriles is 1. The van der Waals surface area contributed by atoms with Gasteiger partial charge in [-0.3, -0.25) is 14.3 Å². The maximum atomic E-state index is 12.4. The molecule has 0 bridgehead atoms. The van der Waals surface area contributed by atoms with Crippen LogP contribution in [0, 0.1) is 30.1 Å². The van der Waals surface area contributed by atoms with Gasteiger partial charge in [-0.05, 0) is 59.3 Å². The Morgan fingerprint density at radius 2 is 2.00 bits per heavy atom. The second-order valence-electron chi connectivity index (χ2n) is 9.34. The summed E-state index contributed by atoms with van der Waals surface area (Å²) in [5.41, 5.74) is -0.352. The average Bonchev–Trinajstić information content (AvgIpc) is 3.25. The molecule has 0 radical (unpaired) electrons. The van der Waals surface area contributed by atoms with Crippen molar-refractivity contribution in [3.05, 3.63) is 32.6 Å². The van der Waals surface area contributed by atoms with Crippen LogP contribution in [0.15, 0.2) is 15.8 Å². The van der Waals surface area contributed by atoms with Gasteiger partial charge in [-0.25, -0.2) is 9.46 Å². The van der Waals surface area contributed by atoms with Gasteiger partial charge in [0.1, 0.15) is 6.23 Å². The molecule has 0 aromatic carbocycles. The first-order valence-corrected chi connectivity index (χ1v) is 12.5. The first kappa shape index (κ1) is 25.1. The van der Waals surface area contributed by atoms with Gasteiger partial charge in [-0.15, -0.1) is 0 Å². The number of aromatic nitrogens is 2. The molecule has 2 aliphatic rings. The predicted octanol–water partition coefficient (Wildman–Crippen LogP) is 3.45. The largest absolute Gasteiger partial charge is 0.352 e. The summed E-state index contributed by atoms with van der Waals surface area (Å²) in [6, 6.07) is 2.57. The van der Waals surface area contributed by atoms with Crippen LogP contribution < -0.4 is 11.2 Å². The molecule has 9 nitrogen and oxygen atoms in total. The summed E-state index contributed by atoms with van der Waals surface area (Å²) in [6.45, 7) is 12.6. The third kappa shape index (κ3) is 5.32. The highest BCUT2D eigenvalue weighted by molar-refractivity contribution is 7.44. The second-order valence-corrected chi connectivity index (χ2v) is 10.7. The number of hydrogen-bond donors (Lipinski definition) is 1. The van der Waals surface area contributed by atoms with Crippen molar-refractivity contribution < 1.29 is 13.8 Å². The van der Waals surface area contributed by atoms with E-state index < -0.39 is 20.4 Å². The first-order valence-electron chi connectivity index (χ1n) is 11.4. The van der Waals surface area contributed by atoms with Crippen LogP contribution in [-0.4, -0.2) is 45.1 Å². The highest BCUT2D eigenvalue weighted by atomic mass is 31.2. The van der Waals surface area contributed by atoms with Crippen molar-refractivity contribution in [3.8, 4) is 6.07 Å². The van der Waals surface area contributed by atoms with Gasteiger partial charge in [0.15, 0.2) is 0 Å². The number of aryl methyl sites for hydroxylation is 1. The summed E-state index contributed by atoms with van der Waals surface area (Å²) in [7, 11) is -1.37. The molecule has 1 aromatic rings. The van der Waals surface area contributed by atoms with E-state index >= 15 is 0 Å². The normalized spacial score (nSPS) is 28.4. The van der Waals surface area contributed by atoms with Gasteiger partial charge in [0.05, 0.1) is 31.3 Å². The lowest BCUT2D eigenvalue weighted by Crippen LogP contribution is -2.36. The van der Waals surface area contributed by atoms with Gasteiger partial charge in [0, 0.05) is 23.8 Å². The smallest absolute Gasteiger partial charge is 0.330 e. The Labute approximate surface area is 190 Å². The summed E-state index contributed by atoms with van der Waals surface area (Å²) in [5.74, 6) is 0.628. The number of aromatic amines is 1. The van der Waals surface area contributed by atoms with Crippen LogP contribution in [0.5, 0.6) is 0 Å². The van der Waals surface area contributed by atoms with Crippen LogP contribution >= 0.6 is 8.53 Å². The maximum absolute atomic E-state index is 12.4. The molecule has 0 amide bonds. The van der Waals surface area contributed by atoms with E-state index in [4.69, 9.17) is 19.0 Å². The SMILES string of the molecule is Cc1cn([C@@H]2C[C@@H]3[C@H](O2)[C@H](OP(OCCC#N)N(C(C)C)C(C)C)C[C@H]3C)c(=O)[nH]c1=O. The van der Waals surface area contributed by atoms with Crippen LogP contribution in [0.4, 0.5) is 0 Å². The lowest BCUT2D eigenvalue weighted by molar-refractivity contribution is -0.0513. The molecule has 2 fully saturated rings. The zero-order valence-electron chi connectivity index (χ0n) is 19.8. The standard InChI is InChI=1S/C22H35N4O5P/c1-13(2)26(14(3)4)32(29-9-7-8-23)31-18-10-15(5)17-11-19(30-20(17)18)25-12-16(6)21(27)24-22(25)28/h12-15,17-20H,7,9-11H2,1-6H3,(H,24,27,28)/t15-,17+,18-,19+,20+,32?/m1/s1. The molecule has 178 valence electrons. The van der Waals surface area contributed by atoms with Gasteiger partial charge in [0.25, 0.3) is 14.1 Å². The minimum atomic E-state index is -1.37. The monoisotopic (exact) mass is 466 g/mol. The van der Waals surface area contributed by atoms with Gasteiger partial charge in [-0.2, -0.15) is 5.26 Å². The molecule has 1 N–H and O–H groups in total. The highest BCUT2D eigenvalue weighted by Gasteiger charge is 2.51. The Bertz CT molecular complexity index is 931. The summed E-state index contributed by atoms with van der Waals surface area (Å²) < 4.78 is 22.7. The van der Waals surface area contributed by atoms with E-state index in [0.717, 1.165) is 6.42 Å². The zero-order chi connectivity index (χ0) is 23.6. The Morgan fingerprint density at radius 1 is 1.31 bits per heavy atom. The third-order valence-corrected chi connectivity index (χ3v) is 8.41. The number of fused-ring (bicyclic) bond motifs is 1. The van der Waals surface area contributed by atoms with Crippen LogP contribution in [0.1, 0.15) is 65.7 Å². The molecule has 1 saturated carbocycles. The molecule has 1 aromatic heterocycles.